The Labute approximate surface area is 250 Å². The van der Waals surface area contributed by atoms with Crippen molar-refractivity contribution in [2.24, 2.45) is 4.99 Å². The van der Waals surface area contributed by atoms with Crippen LogP contribution >= 0.6 is 11.8 Å². The molecule has 0 spiro atoms. The molecule has 1 saturated heterocycles. The van der Waals surface area contributed by atoms with E-state index in [0.717, 1.165) is 5.69 Å². The fraction of sp³-hybridized carbons (Fsp3) is 0.0909. The lowest BCUT2D eigenvalue weighted by atomic mass is 10.0. The maximum absolute atomic E-state index is 13.7. The van der Waals surface area contributed by atoms with Crippen LogP contribution in [0.5, 0.6) is 11.5 Å². The molecule has 0 aliphatic carbocycles. The number of amides is 1. The third kappa shape index (κ3) is 6.48. The summed E-state index contributed by atoms with van der Waals surface area (Å²) < 4.78 is 37.7. The molecular weight excluding hydrogens is 569 g/mol. The van der Waals surface area contributed by atoms with Gasteiger partial charge in [0.05, 0.1) is 22.9 Å². The average molecular weight is 597 g/mol. The first kappa shape index (κ1) is 28.9. The summed E-state index contributed by atoms with van der Waals surface area (Å²) in [6.07, 6.45) is 3.72. The van der Waals surface area contributed by atoms with Gasteiger partial charge in [-0.3, -0.25) is 9.69 Å². The molecule has 1 amide bonds. The number of carbonyl (C=O) groups excluding carboxylic acids is 1. The van der Waals surface area contributed by atoms with E-state index in [1.54, 1.807) is 54.3 Å². The van der Waals surface area contributed by atoms with E-state index in [2.05, 4.69) is 6.58 Å². The van der Waals surface area contributed by atoms with Gasteiger partial charge in [-0.1, -0.05) is 60.7 Å². The van der Waals surface area contributed by atoms with Gasteiger partial charge in [0.1, 0.15) is 4.90 Å². The molecule has 0 radical (unpaired) electrons. The number of nitrogens with zero attached hydrogens (tertiary/aromatic N) is 2. The molecule has 1 aliphatic rings. The number of benzene rings is 4. The van der Waals surface area contributed by atoms with E-state index in [1.807, 2.05) is 60.7 Å². The first-order chi connectivity index (χ1) is 20.4. The summed E-state index contributed by atoms with van der Waals surface area (Å²) in [6.45, 7) is 5.90. The molecule has 5 rings (SSSR count). The van der Waals surface area contributed by atoms with Crippen LogP contribution in [0.4, 0.5) is 11.4 Å². The number of rotatable bonds is 10. The highest BCUT2D eigenvalue weighted by Crippen LogP contribution is 2.40. The summed E-state index contributed by atoms with van der Waals surface area (Å²) in [6, 6.07) is 30.2. The average Bonchev–Trinajstić information content (AvgIpc) is 3.30. The number of carbonyl (C=O) groups is 1. The van der Waals surface area contributed by atoms with E-state index in [0.29, 0.717) is 33.3 Å². The molecule has 0 saturated carbocycles. The first-order valence-corrected chi connectivity index (χ1v) is 15.4. The van der Waals surface area contributed by atoms with Crippen molar-refractivity contribution in [3.05, 3.63) is 132 Å². The molecule has 0 bridgehead atoms. The number of aliphatic imine (C=N–C) groups is 1. The van der Waals surface area contributed by atoms with Gasteiger partial charge in [0.2, 0.25) is 0 Å². The lowest BCUT2D eigenvalue weighted by Gasteiger charge is -2.17. The van der Waals surface area contributed by atoms with Gasteiger partial charge in [-0.25, -0.2) is 4.99 Å². The minimum atomic E-state index is -4.12. The predicted molar refractivity (Wildman–Crippen MR) is 169 cm³/mol. The molecule has 0 atom stereocenters. The predicted octanol–water partition coefficient (Wildman–Crippen LogP) is 7.39. The van der Waals surface area contributed by atoms with E-state index in [4.69, 9.17) is 13.9 Å². The highest BCUT2D eigenvalue weighted by Gasteiger charge is 2.35. The SMILES string of the molecule is C=CCc1cc(/C=C2/SC(=Nc3ccccc3)N(c3ccccc3)C2=O)cc(OCC)c1OS(=O)(=O)c1ccccc1. The van der Waals surface area contributed by atoms with E-state index in [-0.39, 0.29) is 28.9 Å². The summed E-state index contributed by atoms with van der Waals surface area (Å²) in [4.78, 5) is 20.6. The highest BCUT2D eigenvalue weighted by molar-refractivity contribution is 8.19. The Morgan fingerprint density at radius 2 is 1.57 bits per heavy atom. The topological polar surface area (TPSA) is 85.3 Å². The van der Waals surface area contributed by atoms with Gasteiger partial charge in [0.25, 0.3) is 5.91 Å². The summed E-state index contributed by atoms with van der Waals surface area (Å²) in [7, 11) is -4.12. The zero-order chi connectivity index (χ0) is 29.5. The molecule has 1 heterocycles. The number of hydrogen-bond donors (Lipinski definition) is 0. The first-order valence-electron chi connectivity index (χ1n) is 13.2. The van der Waals surface area contributed by atoms with Crippen LogP contribution in [0.2, 0.25) is 0 Å². The minimum Gasteiger partial charge on any atom is -0.490 e. The third-order valence-electron chi connectivity index (χ3n) is 6.14. The Bertz CT molecular complexity index is 1750. The standard InChI is InChI=1S/C33H28N2O5S2/c1-3-14-25-21-24(22-29(39-4-2)31(25)40-42(37,38)28-19-12-7-13-20-28)23-30-32(36)35(27-17-10-6-11-18-27)33(41-30)34-26-15-8-5-9-16-26/h3,5-13,15-23H,1,4,14H2,2H3/b30-23+,34-33?. The van der Waals surface area contributed by atoms with Crippen molar-refractivity contribution in [2.45, 2.75) is 18.2 Å². The molecule has 4 aromatic carbocycles. The zero-order valence-corrected chi connectivity index (χ0v) is 24.5. The molecule has 0 unspecified atom stereocenters. The Morgan fingerprint density at radius 1 is 0.929 bits per heavy atom. The van der Waals surface area contributed by atoms with Crippen LogP contribution in [0.15, 0.2) is 131 Å². The number of amidine groups is 1. The number of para-hydroxylation sites is 2. The summed E-state index contributed by atoms with van der Waals surface area (Å²) in [5.74, 6) is 0.109. The van der Waals surface area contributed by atoms with Crippen LogP contribution < -0.4 is 13.8 Å². The van der Waals surface area contributed by atoms with Crippen LogP contribution in [-0.2, 0) is 21.3 Å². The second kappa shape index (κ2) is 12.9. The van der Waals surface area contributed by atoms with Gasteiger partial charge in [0.15, 0.2) is 16.7 Å². The van der Waals surface area contributed by atoms with Crippen LogP contribution in [0.3, 0.4) is 0 Å². The molecule has 4 aromatic rings. The summed E-state index contributed by atoms with van der Waals surface area (Å²) in [5, 5.41) is 0.522. The second-order valence-corrected chi connectivity index (χ2v) is 11.7. The van der Waals surface area contributed by atoms with Gasteiger partial charge in [0, 0.05) is 5.56 Å². The summed E-state index contributed by atoms with van der Waals surface area (Å²) in [5.41, 5.74) is 2.62. The Morgan fingerprint density at radius 3 is 2.21 bits per heavy atom. The highest BCUT2D eigenvalue weighted by atomic mass is 32.2. The largest absolute Gasteiger partial charge is 0.490 e. The monoisotopic (exact) mass is 596 g/mol. The van der Waals surface area contributed by atoms with Crippen molar-refractivity contribution >= 4 is 50.4 Å². The fourth-order valence-electron chi connectivity index (χ4n) is 4.29. The third-order valence-corrected chi connectivity index (χ3v) is 8.35. The van der Waals surface area contributed by atoms with E-state index < -0.39 is 10.1 Å². The van der Waals surface area contributed by atoms with E-state index >= 15 is 0 Å². The molecule has 1 fully saturated rings. The van der Waals surface area contributed by atoms with Gasteiger partial charge in [-0.15, -0.1) is 6.58 Å². The summed E-state index contributed by atoms with van der Waals surface area (Å²) >= 11 is 1.26. The Kier molecular flexibility index (Phi) is 8.90. The van der Waals surface area contributed by atoms with Crippen molar-refractivity contribution in [1.82, 2.24) is 0 Å². The molecule has 7 nitrogen and oxygen atoms in total. The molecule has 212 valence electrons. The van der Waals surface area contributed by atoms with Crippen LogP contribution in [-0.4, -0.2) is 26.1 Å². The van der Waals surface area contributed by atoms with Crippen LogP contribution in [0.1, 0.15) is 18.1 Å². The minimum absolute atomic E-state index is 0.0300. The van der Waals surface area contributed by atoms with Gasteiger partial charge >= 0.3 is 10.1 Å². The Balaban J connectivity index is 1.57. The maximum Gasteiger partial charge on any atom is 0.339 e. The molecular formula is C33H28N2O5S2. The quantitative estimate of drug-likeness (QED) is 0.108. The normalized spacial score (nSPS) is 15.3. The van der Waals surface area contributed by atoms with Crippen LogP contribution in [0, 0.1) is 0 Å². The van der Waals surface area contributed by atoms with Crippen molar-refractivity contribution < 1.29 is 22.1 Å². The van der Waals surface area contributed by atoms with Crippen molar-refractivity contribution in [3.63, 3.8) is 0 Å². The molecule has 42 heavy (non-hydrogen) atoms. The number of allylic oxidation sites excluding steroid dienone is 1. The Hall–Kier alpha value is -4.60. The lowest BCUT2D eigenvalue weighted by Crippen LogP contribution is -2.28. The number of anilines is 1. The van der Waals surface area contributed by atoms with E-state index in [9.17, 15) is 13.2 Å². The fourth-order valence-corrected chi connectivity index (χ4v) is 6.29. The smallest absolute Gasteiger partial charge is 0.339 e. The van der Waals surface area contributed by atoms with Crippen LogP contribution in [0.25, 0.3) is 6.08 Å². The maximum atomic E-state index is 13.7. The second-order valence-electron chi connectivity index (χ2n) is 9.10. The van der Waals surface area contributed by atoms with Gasteiger partial charge in [-0.2, -0.15) is 8.42 Å². The van der Waals surface area contributed by atoms with Crippen molar-refractivity contribution in [2.75, 3.05) is 11.5 Å². The molecule has 9 heteroatoms. The molecule has 1 aliphatic heterocycles. The molecule has 0 aromatic heterocycles. The lowest BCUT2D eigenvalue weighted by molar-refractivity contribution is -0.113. The number of hydrogen-bond acceptors (Lipinski definition) is 7. The van der Waals surface area contributed by atoms with E-state index in [1.165, 1.54) is 23.9 Å². The van der Waals surface area contributed by atoms with Gasteiger partial charge < -0.3 is 8.92 Å². The van der Waals surface area contributed by atoms with Crippen molar-refractivity contribution in [3.8, 4) is 11.5 Å². The molecule has 0 N–H and O–H groups in total. The zero-order valence-electron chi connectivity index (χ0n) is 22.8. The number of thioether (sulfide) groups is 1. The number of ether oxygens (including phenoxy) is 1. The van der Waals surface area contributed by atoms with Crippen molar-refractivity contribution in [1.29, 1.82) is 0 Å². The van der Waals surface area contributed by atoms with Gasteiger partial charge in [-0.05, 0) is 85.3 Å².